The molecule has 3 N–H and O–H groups in total. The maximum absolute atomic E-state index is 12.5. The van der Waals surface area contributed by atoms with E-state index in [1.54, 1.807) is 0 Å². The number of hydrogen-bond acceptors (Lipinski definition) is 2. The molecule has 2 aromatic carbocycles. The number of rotatable bonds is 3. The highest BCUT2D eigenvalue weighted by molar-refractivity contribution is 6.34. The number of nitrogens with two attached hydrogens (primary N) is 1. The Morgan fingerprint density at radius 1 is 1.04 bits per heavy atom. The van der Waals surface area contributed by atoms with Crippen molar-refractivity contribution in [3.8, 4) is 0 Å². The first-order chi connectivity index (χ1) is 10.7. The fourth-order valence-corrected chi connectivity index (χ4v) is 2.01. The van der Waals surface area contributed by atoms with E-state index in [1.165, 1.54) is 18.2 Å². The quantitative estimate of drug-likeness (QED) is 0.892. The van der Waals surface area contributed by atoms with E-state index in [0.29, 0.717) is 0 Å². The van der Waals surface area contributed by atoms with Crippen LogP contribution in [0.15, 0.2) is 42.5 Å². The van der Waals surface area contributed by atoms with Gasteiger partial charge in [0.05, 0.1) is 16.1 Å². The molecule has 0 saturated heterocycles. The molecule has 0 spiro atoms. The number of nitrogens with one attached hydrogen (secondary N) is 1. The zero-order valence-corrected chi connectivity index (χ0v) is 12.2. The summed E-state index contributed by atoms with van der Waals surface area (Å²) in [6.07, 6.45) is -4.45. The maximum atomic E-state index is 12.5. The molecule has 0 saturated carbocycles. The second-order valence-corrected chi connectivity index (χ2v) is 5.00. The second-order valence-electron chi connectivity index (χ2n) is 4.59. The van der Waals surface area contributed by atoms with Gasteiger partial charge in [-0.15, -0.1) is 0 Å². The van der Waals surface area contributed by atoms with Crippen molar-refractivity contribution >= 4 is 29.1 Å². The van der Waals surface area contributed by atoms with Crippen molar-refractivity contribution < 1.29 is 22.8 Å². The van der Waals surface area contributed by atoms with E-state index in [2.05, 4.69) is 5.32 Å². The van der Waals surface area contributed by atoms with Gasteiger partial charge in [-0.25, -0.2) is 0 Å². The minimum atomic E-state index is -4.45. The smallest absolute Gasteiger partial charge is 0.366 e. The van der Waals surface area contributed by atoms with Crippen LogP contribution in [-0.4, -0.2) is 11.8 Å². The van der Waals surface area contributed by atoms with E-state index in [0.717, 1.165) is 24.3 Å². The van der Waals surface area contributed by atoms with E-state index < -0.39 is 23.6 Å². The predicted molar refractivity (Wildman–Crippen MR) is 79.4 cm³/mol. The molecular weight excluding hydrogens is 333 g/mol. The molecule has 2 rings (SSSR count). The molecule has 0 aliphatic carbocycles. The number of primary amides is 1. The van der Waals surface area contributed by atoms with Gasteiger partial charge in [0.25, 0.3) is 5.91 Å². The van der Waals surface area contributed by atoms with E-state index in [-0.39, 0.29) is 21.8 Å². The van der Waals surface area contributed by atoms with Gasteiger partial charge in [-0.3, -0.25) is 9.59 Å². The average molecular weight is 343 g/mol. The van der Waals surface area contributed by atoms with Crippen LogP contribution in [0, 0.1) is 0 Å². The molecule has 0 fully saturated rings. The molecule has 0 aliphatic heterocycles. The van der Waals surface area contributed by atoms with Crippen molar-refractivity contribution in [1.29, 1.82) is 0 Å². The Morgan fingerprint density at radius 3 is 2.17 bits per heavy atom. The first-order valence-electron chi connectivity index (χ1n) is 6.26. The molecule has 0 bridgehead atoms. The third-order valence-corrected chi connectivity index (χ3v) is 3.29. The minimum absolute atomic E-state index is 0.0215. The lowest BCUT2D eigenvalue weighted by Crippen LogP contribution is -2.16. The SMILES string of the molecule is NC(=O)c1cc(C(=O)Nc2ccc(C(F)(F)F)cc2)ccc1Cl. The highest BCUT2D eigenvalue weighted by atomic mass is 35.5. The van der Waals surface area contributed by atoms with Gasteiger partial charge < -0.3 is 11.1 Å². The number of carbonyl (C=O) groups excluding carboxylic acids is 2. The van der Waals surface area contributed by atoms with Crippen LogP contribution in [0.3, 0.4) is 0 Å². The number of amides is 2. The summed E-state index contributed by atoms with van der Waals surface area (Å²) in [5.41, 5.74) is 4.57. The van der Waals surface area contributed by atoms with Gasteiger partial charge in [0.2, 0.25) is 5.91 Å². The van der Waals surface area contributed by atoms with Gasteiger partial charge >= 0.3 is 6.18 Å². The molecule has 2 amide bonds. The molecular formula is C15H10ClF3N2O2. The van der Waals surface area contributed by atoms with Crippen molar-refractivity contribution in [3.05, 3.63) is 64.2 Å². The van der Waals surface area contributed by atoms with E-state index in [9.17, 15) is 22.8 Å². The molecule has 0 radical (unpaired) electrons. The van der Waals surface area contributed by atoms with Crippen LogP contribution in [0.1, 0.15) is 26.3 Å². The van der Waals surface area contributed by atoms with E-state index in [4.69, 9.17) is 17.3 Å². The van der Waals surface area contributed by atoms with E-state index >= 15 is 0 Å². The lowest BCUT2D eigenvalue weighted by Gasteiger charge is -2.09. The van der Waals surface area contributed by atoms with Gasteiger partial charge in [0.1, 0.15) is 0 Å². The highest BCUT2D eigenvalue weighted by Crippen LogP contribution is 2.30. The number of anilines is 1. The molecule has 120 valence electrons. The number of alkyl halides is 3. The fraction of sp³-hybridized carbons (Fsp3) is 0.0667. The normalized spacial score (nSPS) is 11.1. The van der Waals surface area contributed by atoms with Crippen LogP contribution in [0.25, 0.3) is 0 Å². The van der Waals surface area contributed by atoms with Gasteiger partial charge in [-0.1, -0.05) is 11.6 Å². The molecule has 23 heavy (non-hydrogen) atoms. The zero-order valence-electron chi connectivity index (χ0n) is 11.4. The molecule has 4 nitrogen and oxygen atoms in total. The van der Waals surface area contributed by atoms with Crippen molar-refractivity contribution in [3.63, 3.8) is 0 Å². The molecule has 0 heterocycles. The van der Waals surface area contributed by atoms with Gasteiger partial charge in [-0.05, 0) is 42.5 Å². The number of benzene rings is 2. The monoisotopic (exact) mass is 342 g/mol. The summed E-state index contributed by atoms with van der Waals surface area (Å²) in [7, 11) is 0. The first-order valence-corrected chi connectivity index (χ1v) is 6.64. The number of halogens is 4. The molecule has 0 aromatic heterocycles. The third-order valence-electron chi connectivity index (χ3n) is 2.96. The highest BCUT2D eigenvalue weighted by Gasteiger charge is 2.30. The predicted octanol–water partition coefficient (Wildman–Crippen LogP) is 3.71. The van der Waals surface area contributed by atoms with Crippen LogP contribution in [0.2, 0.25) is 5.02 Å². The summed E-state index contributed by atoms with van der Waals surface area (Å²) in [5.74, 6) is -1.40. The first kappa shape index (κ1) is 16.8. The van der Waals surface area contributed by atoms with Crippen molar-refractivity contribution in [2.75, 3.05) is 5.32 Å². The van der Waals surface area contributed by atoms with E-state index in [1.807, 2.05) is 0 Å². The zero-order chi connectivity index (χ0) is 17.2. The van der Waals surface area contributed by atoms with Crippen molar-refractivity contribution in [1.82, 2.24) is 0 Å². The standard InChI is InChI=1S/C15H10ClF3N2O2/c16-12-6-1-8(7-11(12)13(20)22)14(23)21-10-4-2-9(3-5-10)15(17,18)19/h1-7H,(H2,20,22)(H,21,23). The average Bonchev–Trinajstić information content (AvgIpc) is 2.47. The van der Waals surface area contributed by atoms with Gasteiger partial charge in [0.15, 0.2) is 0 Å². The lowest BCUT2D eigenvalue weighted by atomic mass is 10.1. The fourth-order valence-electron chi connectivity index (χ4n) is 1.80. The Labute approximate surface area is 134 Å². The number of carbonyl (C=O) groups is 2. The van der Waals surface area contributed by atoms with Crippen LogP contribution >= 0.6 is 11.6 Å². The summed E-state index contributed by atoms with van der Waals surface area (Å²) in [4.78, 5) is 23.2. The van der Waals surface area contributed by atoms with Crippen LogP contribution in [0.4, 0.5) is 18.9 Å². The van der Waals surface area contributed by atoms with Gasteiger partial charge in [0, 0.05) is 11.3 Å². The van der Waals surface area contributed by atoms with Crippen molar-refractivity contribution in [2.45, 2.75) is 6.18 Å². The number of hydrogen-bond donors (Lipinski definition) is 2. The van der Waals surface area contributed by atoms with Crippen LogP contribution < -0.4 is 11.1 Å². The Kier molecular flexibility index (Phi) is 4.60. The Balaban J connectivity index is 2.19. The third kappa shape index (κ3) is 4.01. The largest absolute Gasteiger partial charge is 0.416 e. The molecule has 0 aliphatic rings. The Bertz CT molecular complexity index is 758. The summed E-state index contributed by atoms with van der Waals surface area (Å²) < 4.78 is 37.4. The summed E-state index contributed by atoms with van der Waals surface area (Å²) in [5, 5.41) is 2.52. The molecule has 0 unspecified atom stereocenters. The molecule has 8 heteroatoms. The lowest BCUT2D eigenvalue weighted by molar-refractivity contribution is -0.137. The second kappa shape index (κ2) is 6.29. The Morgan fingerprint density at radius 2 is 1.65 bits per heavy atom. The molecule has 2 aromatic rings. The summed E-state index contributed by atoms with van der Waals surface area (Å²) in [6.45, 7) is 0. The summed E-state index contributed by atoms with van der Waals surface area (Å²) in [6, 6.07) is 7.89. The Hall–Kier alpha value is -2.54. The van der Waals surface area contributed by atoms with Crippen molar-refractivity contribution in [2.24, 2.45) is 5.73 Å². The summed E-state index contributed by atoms with van der Waals surface area (Å²) >= 11 is 5.78. The van der Waals surface area contributed by atoms with Gasteiger partial charge in [-0.2, -0.15) is 13.2 Å². The topological polar surface area (TPSA) is 72.2 Å². The van der Waals surface area contributed by atoms with Crippen LogP contribution in [0.5, 0.6) is 0 Å². The maximum Gasteiger partial charge on any atom is 0.416 e. The van der Waals surface area contributed by atoms with Crippen LogP contribution in [-0.2, 0) is 6.18 Å². The molecule has 0 atom stereocenters. The minimum Gasteiger partial charge on any atom is -0.366 e.